The van der Waals surface area contributed by atoms with E-state index in [1.807, 2.05) is 0 Å². The lowest BCUT2D eigenvalue weighted by atomic mass is 10.2. The predicted molar refractivity (Wildman–Crippen MR) is 58.4 cm³/mol. The van der Waals surface area contributed by atoms with E-state index in [1.54, 1.807) is 0 Å². The Labute approximate surface area is 89.2 Å². The van der Waals surface area contributed by atoms with E-state index in [9.17, 15) is 0 Å². The van der Waals surface area contributed by atoms with Gasteiger partial charge in [0.05, 0.1) is 5.88 Å². The molecule has 0 aliphatic rings. The highest BCUT2D eigenvalue weighted by molar-refractivity contribution is 6.36. The Balaban J connectivity index is 4.08. The van der Waals surface area contributed by atoms with Crippen molar-refractivity contribution in [3.63, 3.8) is 0 Å². The summed E-state index contributed by atoms with van der Waals surface area (Å²) >= 11 is 17.1. The van der Waals surface area contributed by atoms with E-state index in [0.29, 0.717) is 16.8 Å². The highest BCUT2D eigenvalue weighted by Gasteiger charge is 1.99. The second-order valence-corrected chi connectivity index (χ2v) is 3.35. The summed E-state index contributed by atoms with van der Waals surface area (Å²) in [5.74, 6) is 0.809. The van der Waals surface area contributed by atoms with Gasteiger partial charge >= 0.3 is 0 Å². The molecule has 0 saturated carbocycles. The van der Waals surface area contributed by atoms with Crippen LogP contribution in [0.25, 0.3) is 0 Å². The third-order valence-electron chi connectivity index (χ3n) is 1.43. The number of hydrogen-bond acceptors (Lipinski definition) is 0. The SMILES string of the molecule is CC/C=C\C/C(CCl)=C(/Cl)CCl. The molecule has 0 saturated heterocycles. The first-order chi connectivity index (χ1) is 5.76. The van der Waals surface area contributed by atoms with Crippen LogP contribution in [0.2, 0.25) is 0 Å². The molecule has 0 fully saturated rings. The molecule has 0 atom stereocenters. The second-order valence-electron chi connectivity index (χ2n) is 2.36. The molecular formula is C9H13Cl3. The third-order valence-corrected chi connectivity index (χ3v) is 2.56. The monoisotopic (exact) mass is 226 g/mol. The zero-order valence-electron chi connectivity index (χ0n) is 7.12. The summed E-state index contributed by atoms with van der Waals surface area (Å²) in [6.45, 7) is 2.09. The summed E-state index contributed by atoms with van der Waals surface area (Å²) in [6.07, 6.45) is 5.99. The first-order valence-electron chi connectivity index (χ1n) is 3.89. The topological polar surface area (TPSA) is 0 Å². The Kier molecular flexibility index (Phi) is 8.20. The number of rotatable bonds is 5. The normalized spacial score (nSPS) is 13.7. The molecule has 0 aromatic carbocycles. The molecule has 0 radical (unpaired) electrons. The van der Waals surface area contributed by atoms with Crippen LogP contribution in [-0.4, -0.2) is 11.8 Å². The van der Waals surface area contributed by atoms with Crippen molar-refractivity contribution in [3.05, 3.63) is 22.8 Å². The van der Waals surface area contributed by atoms with Gasteiger partial charge in [-0.15, -0.1) is 23.2 Å². The lowest BCUT2D eigenvalue weighted by Crippen LogP contribution is -1.88. The second kappa shape index (κ2) is 7.97. The highest BCUT2D eigenvalue weighted by Crippen LogP contribution is 2.16. The molecule has 0 spiro atoms. The van der Waals surface area contributed by atoms with Gasteiger partial charge in [-0.25, -0.2) is 0 Å². The molecule has 3 heteroatoms. The Bertz CT molecular complexity index is 171. The van der Waals surface area contributed by atoms with Crippen LogP contribution in [0.5, 0.6) is 0 Å². The Morgan fingerprint density at radius 3 is 2.25 bits per heavy atom. The minimum absolute atomic E-state index is 0.351. The number of halogens is 3. The summed E-state index contributed by atoms with van der Waals surface area (Å²) in [6, 6.07) is 0. The van der Waals surface area contributed by atoms with E-state index in [-0.39, 0.29) is 0 Å². The maximum atomic E-state index is 5.84. The van der Waals surface area contributed by atoms with Gasteiger partial charge < -0.3 is 0 Å². The van der Waals surface area contributed by atoms with Crippen molar-refractivity contribution < 1.29 is 0 Å². The minimum atomic E-state index is 0.351. The van der Waals surface area contributed by atoms with Crippen LogP contribution in [0.4, 0.5) is 0 Å². The van der Waals surface area contributed by atoms with E-state index in [1.165, 1.54) is 0 Å². The Morgan fingerprint density at radius 1 is 1.17 bits per heavy atom. The molecule has 0 heterocycles. The molecule has 0 aromatic rings. The van der Waals surface area contributed by atoms with Crippen LogP contribution in [0.3, 0.4) is 0 Å². The highest BCUT2D eigenvalue weighted by atomic mass is 35.5. The van der Waals surface area contributed by atoms with E-state index < -0.39 is 0 Å². The van der Waals surface area contributed by atoms with Crippen LogP contribution in [0, 0.1) is 0 Å². The number of allylic oxidation sites excluding steroid dienone is 4. The van der Waals surface area contributed by atoms with Gasteiger partial charge in [0.2, 0.25) is 0 Å². The largest absolute Gasteiger partial charge is 0.122 e. The molecule has 0 unspecified atom stereocenters. The summed E-state index contributed by atoms with van der Waals surface area (Å²) in [5, 5.41) is 0.674. The van der Waals surface area contributed by atoms with Crippen molar-refractivity contribution in [1.29, 1.82) is 0 Å². The van der Waals surface area contributed by atoms with Crippen molar-refractivity contribution in [3.8, 4) is 0 Å². The number of alkyl halides is 2. The van der Waals surface area contributed by atoms with Gasteiger partial charge in [0, 0.05) is 10.9 Å². The Morgan fingerprint density at radius 2 is 1.83 bits per heavy atom. The molecule has 0 N–H and O–H groups in total. The van der Waals surface area contributed by atoms with Gasteiger partial charge in [-0.05, 0) is 18.4 Å². The minimum Gasteiger partial charge on any atom is -0.122 e. The van der Waals surface area contributed by atoms with Gasteiger partial charge in [-0.1, -0.05) is 30.7 Å². The summed E-state index contributed by atoms with van der Waals surface area (Å²) in [7, 11) is 0. The lowest BCUT2D eigenvalue weighted by molar-refractivity contribution is 1.15. The lowest BCUT2D eigenvalue weighted by Gasteiger charge is -2.01. The number of hydrogen-bond donors (Lipinski definition) is 0. The zero-order chi connectivity index (χ0) is 9.40. The molecule has 0 nitrogen and oxygen atoms in total. The van der Waals surface area contributed by atoms with E-state index >= 15 is 0 Å². The summed E-state index contributed by atoms with van der Waals surface area (Å²) in [4.78, 5) is 0. The van der Waals surface area contributed by atoms with Crippen LogP contribution in [0.15, 0.2) is 22.8 Å². The molecule has 0 rings (SSSR count). The van der Waals surface area contributed by atoms with Crippen molar-refractivity contribution in [1.82, 2.24) is 0 Å². The molecule has 0 aliphatic heterocycles. The van der Waals surface area contributed by atoms with Gasteiger partial charge in [0.25, 0.3) is 0 Å². The molecule has 0 amide bonds. The molecule has 12 heavy (non-hydrogen) atoms. The standard InChI is InChI=1S/C9H13Cl3/c1-2-3-4-5-8(6-10)9(12)7-11/h3-4H,2,5-7H2,1H3/b4-3-,9-8-. The quantitative estimate of drug-likeness (QED) is 0.485. The first kappa shape index (κ1) is 12.3. The average molecular weight is 228 g/mol. The van der Waals surface area contributed by atoms with Crippen molar-refractivity contribution >= 4 is 34.8 Å². The zero-order valence-corrected chi connectivity index (χ0v) is 9.38. The average Bonchev–Trinajstić information content (AvgIpc) is 2.11. The molecule has 0 aliphatic carbocycles. The smallest absolute Gasteiger partial charge is 0.0581 e. The fourth-order valence-corrected chi connectivity index (χ4v) is 1.40. The van der Waals surface area contributed by atoms with Crippen LogP contribution in [-0.2, 0) is 0 Å². The predicted octanol–water partition coefficient (Wildman–Crippen LogP) is 4.31. The van der Waals surface area contributed by atoms with Gasteiger partial charge in [0.1, 0.15) is 0 Å². The maximum absolute atomic E-state index is 5.84. The van der Waals surface area contributed by atoms with Crippen molar-refractivity contribution in [2.45, 2.75) is 19.8 Å². The van der Waals surface area contributed by atoms with Gasteiger partial charge in [0.15, 0.2) is 0 Å². The molecule has 70 valence electrons. The third kappa shape index (κ3) is 5.08. The summed E-state index contributed by atoms with van der Waals surface area (Å²) < 4.78 is 0. The molecule has 0 bridgehead atoms. The van der Waals surface area contributed by atoms with E-state index in [4.69, 9.17) is 34.8 Å². The van der Waals surface area contributed by atoms with E-state index in [0.717, 1.165) is 18.4 Å². The Hall–Kier alpha value is 0.350. The van der Waals surface area contributed by atoms with E-state index in [2.05, 4.69) is 19.1 Å². The van der Waals surface area contributed by atoms with Gasteiger partial charge in [-0.3, -0.25) is 0 Å². The van der Waals surface area contributed by atoms with Crippen LogP contribution >= 0.6 is 34.8 Å². The maximum Gasteiger partial charge on any atom is 0.0581 e. The van der Waals surface area contributed by atoms with Crippen LogP contribution < -0.4 is 0 Å². The van der Waals surface area contributed by atoms with Crippen LogP contribution in [0.1, 0.15) is 19.8 Å². The van der Waals surface area contributed by atoms with Crippen molar-refractivity contribution in [2.24, 2.45) is 0 Å². The fraction of sp³-hybridized carbons (Fsp3) is 0.556. The molecule has 0 aromatic heterocycles. The first-order valence-corrected chi connectivity index (χ1v) is 5.34. The molecular weight excluding hydrogens is 214 g/mol. The van der Waals surface area contributed by atoms with Crippen molar-refractivity contribution in [2.75, 3.05) is 11.8 Å². The summed E-state index contributed by atoms with van der Waals surface area (Å²) in [5.41, 5.74) is 1.01. The fourth-order valence-electron chi connectivity index (χ4n) is 0.725. The van der Waals surface area contributed by atoms with Gasteiger partial charge in [-0.2, -0.15) is 0 Å².